The van der Waals surface area contributed by atoms with E-state index in [4.69, 9.17) is 4.74 Å². The summed E-state index contributed by atoms with van der Waals surface area (Å²) in [7, 11) is 1.54. The monoisotopic (exact) mass is 385 g/mol. The number of ether oxygens (including phenoxy) is 1. The second-order valence-electron chi connectivity index (χ2n) is 6.81. The second kappa shape index (κ2) is 7.93. The van der Waals surface area contributed by atoms with Gasteiger partial charge < -0.3 is 19.4 Å². The van der Waals surface area contributed by atoms with E-state index in [1.54, 1.807) is 4.90 Å². The largest absolute Gasteiger partial charge is 0.378 e. The normalized spacial score (nSPS) is 17.7. The van der Waals surface area contributed by atoms with Crippen LogP contribution in [0.2, 0.25) is 0 Å². The Balaban J connectivity index is 1.36. The van der Waals surface area contributed by atoms with Gasteiger partial charge in [0.2, 0.25) is 0 Å². The van der Waals surface area contributed by atoms with Crippen molar-refractivity contribution >= 4 is 17.5 Å². The number of carbonyl (C=O) groups excluding carboxylic acids is 1. The minimum atomic E-state index is -0.236. The SMILES string of the molecule is Cn1nc(C(=O)N2CCN(c3ccc(N4CCOCC4)nn3)CC2)ccc1=O. The van der Waals surface area contributed by atoms with E-state index < -0.39 is 0 Å². The second-order valence-corrected chi connectivity index (χ2v) is 6.81. The van der Waals surface area contributed by atoms with Crippen LogP contribution in [0.4, 0.5) is 11.6 Å². The molecule has 148 valence electrons. The van der Waals surface area contributed by atoms with Crippen molar-refractivity contribution < 1.29 is 9.53 Å². The first-order valence-corrected chi connectivity index (χ1v) is 9.37. The molecule has 0 bridgehead atoms. The van der Waals surface area contributed by atoms with Gasteiger partial charge in [-0.2, -0.15) is 5.10 Å². The average molecular weight is 385 g/mol. The van der Waals surface area contributed by atoms with E-state index in [0.717, 1.165) is 24.7 Å². The lowest BCUT2D eigenvalue weighted by Crippen LogP contribution is -2.49. The molecule has 0 spiro atoms. The molecule has 4 heterocycles. The van der Waals surface area contributed by atoms with Gasteiger partial charge in [0, 0.05) is 52.4 Å². The van der Waals surface area contributed by atoms with Gasteiger partial charge in [-0.1, -0.05) is 0 Å². The minimum Gasteiger partial charge on any atom is -0.378 e. The van der Waals surface area contributed by atoms with Crippen LogP contribution in [-0.2, 0) is 11.8 Å². The Kier molecular flexibility index (Phi) is 5.20. The van der Waals surface area contributed by atoms with Crippen molar-refractivity contribution in [3.05, 3.63) is 40.3 Å². The van der Waals surface area contributed by atoms with Gasteiger partial charge in [-0.05, 0) is 18.2 Å². The van der Waals surface area contributed by atoms with Crippen LogP contribution in [0.15, 0.2) is 29.1 Å². The van der Waals surface area contributed by atoms with Gasteiger partial charge in [0.25, 0.3) is 11.5 Å². The summed E-state index contributed by atoms with van der Waals surface area (Å²) in [5.41, 5.74) is 0.0469. The number of hydrogen-bond acceptors (Lipinski definition) is 8. The molecule has 10 heteroatoms. The number of carbonyl (C=O) groups is 1. The molecule has 0 radical (unpaired) electrons. The predicted octanol–water partition coefficient (Wildman–Crippen LogP) is -0.631. The summed E-state index contributed by atoms with van der Waals surface area (Å²) in [6.45, 7) is 5.55. The highest BCUT2D eigenvalue weighted by molar-refractivity contribution is 5.92. The summed E-state index contributed by atoms with van der Waals surface area (Å²) in [4.78, 5) is 30.1. The fraction of sp³-hybridized carbons (Fsp3) is 0.500. The molecule has 2 aliphatic rings. The average Bonchev–Trinajstić information content (AvgIpc) is 2.76. The van der Waals surface area contributed by atoms with E-state index in [1.165, 1.54) is 23.9 Å². The molecule has 2 aliphatic heterocycles. The van der Waals surface area contributed by atoms with Crippen molar-refractivity contribution in [2.45, 2.75) is 0 Å². The molecule has 2 saturated heterocycles. The molecule has 0 atom stereocenters. The van der Waals surface area contributed by atoms with Crippen molar-refractivity contribution in [1.82, 2.24) is 24.9 Å². The summed E-state index contributed by atoms with van der Waals surface area (Å²) >= 11 is 0. The summed E-state index contributed by atoms with van der Waals surface area (Å²) < 4.78 is 6.54. The zero-order valence-electron chi connectivity index (χ0n) is 15.8. The first kappa shape index (κ1) is 18.4. The lowest BCUT2D eigenvalue weighted by Gasteiger charge is -2.35. The van der Waals surface area contributed by atoms with Crippen LogP contribution in [0.3, 0.4) is 0 Å². The fourth-order valence-electron chi connectivity index (χ4n) is 3.36. The third-order valence-electron chi connectivity index (χ3n) is 5.04. The van der Waals surface area contributed by atoms with Crippen LogP contribution >= 0.6 is 0 Å². The van der Waals surface area contributed by atoms with Crippen molar-refractivity contribution in [3.8, 4) is 0 Å². The van der Waals surface area contributed by atoms with Gasteiger partial charge >= 0.3 is 0 Å². The van der Waals surface area contributed by atoms with E-state index in [0.29, 0.717) is 39.4 Å². The van der Waals surface area contributed by atoms with Crippen molar-refractivity contribution in [1.29, 1.82) is 0 Å². The number of rotatable bonds is 3. The third-order valence-corrected chi connectivity index (χ3v) is 5.04. The summed E-state index contributed by atoms with van der Waals surface area (Å²) in [6, 6.07) is 6.80. The summed E-state index contributed by atoms with van der Waals surface area (Å²) in [5.74, 6) is 1.51. The zero-order chi connectivity index (χ0) is 19.5. The maximum absolute atomic E-state index is 12.6. The molecule has 0 N–H and O–H groups in total. The zero-order valence-corrected chi connectivity index (χ0v) is 15.8. The van der Waals surface area contributed by atoms with E-state index in [9.17, 15) is 9.59 Å². The molecule has 2 aromatic heterocycles. The number of piperazine rings is 1. The van der Waals surface area contributed by atoms with Crippen LogP contribution in [-0.4, -0.2) is 83.3 Å². The molecule has 10 nitrogen and oxygen atoms in total. The molecule has 1 amide bonds. The Hall–Kier alpha value is -3.01. The molecule has 0 unspecified atom stereocenters. The van der Waals surface area contributed by atoms with E-state index in [1.807, 2.05) is 12.1 Å². The van der Waals surface area contributed by atoms with Crippen molar-refractivity contribution in [3.63, 3.8) is 0 Å². The van der Waals surface area contributed by atoms with Gasteiger partial charge in [-0.3, -0.25) is 9.59 Å². The highest BCUT2D eigenvalue weighted by Crippen LogP contribution is 2.18. The number of aryl methyl sites for hydroxylation is 1. The first-order valence-electron chi connectivity index (χ1n) is 9.37. The maximum Gasteiger partial charge on any atom is 0.274 e. The Morgan fingerprint density at radius 1 is 0.893 bits per heavy atom. The highest BCUT2D eigenvalue weighted by Gasteiger charge is 2.24. The highest BCUT2D eigenvalue weighted by atomic mass is 16.5. The summed E-state index contributed by atoms with van der Waals surface area (Å²) in [6.07, 6.45) is 0. The lowest BCUT2D eigenvalue weighted by atomic mass is 10.2. The molecule has 4 rings (SSSR count). The first-order chi connectivity index (χ1) is 13.6. The van der Waals surface area contributed by atoms with Gasteiger partial charge in [-0.15, -0.1) is 10.2 Å². The predicted molar refractivity (Wildman–Crippen MR) is 103 cm³/mol. The number of nitrogens with zero attached hydrogens (tertiary/aromatic N) is 7. The molecular formula is C18H23N7O3. The van der Waals surface area contributed by atoms with Gasteiger partial charge in [0.1, 0.15) is 5.69 Å². The van der Waals surface area contributed by atoms with E-state index >= 15 is 0 Å². The van der Waals surface area contributed by atoms with Crippen LogP contribution in [0, 0.1) is 0 Å². The molecular weight excluding hydrogens is 362 g/mol. The topological polar surface area (TPSA) is 96.7 Å². The molecule has 2 fully saturated rings. The van der Waals surface area contributed by atoms with Crippen LogP contribution in [0.25, 0.3) is 0 Å². The third kappa shape index (κ3) is 3.81. The smallest absolute Gasteiger partial charge is 0.274 e. The Labute approximate surface area is 162 Å². The Bertz CT molecular complexity index is 885. The molecule has 0 aliphatic carbocycles. The number of anilines is 2. The molecule has 0 aromatic carbocycles. The molecule has 0 saturated carbocycles. The number of amides is 1. The van der Waals surface area contributed by atoms with Crippen molar-refractivity contribution in [2.24, 2.45) is 7.05 Å². The van der Waals surface area contributed by atoms with Crippen LogP contribution in [0.5, 0.6) is 0 Å². The summed E-state index contributed by atoms with van der Waals surface area (Å²) in [5, 5.41) is 12.8. The lowest BCUT2D eigenvalue weighted by molar-refractivity contribution is 0.0738. The quantitative estimate of drug-likeness (QED) is 0.689. The minimum absolute atomic E-state index is 0.163. The van der Waals surface area contributed by atoms with E-state index in [-0.39, 0.29) is 17.2 Å². The molecule has 28 heavy (non-hydrogen) atoms. The van der Waals surface area contributed by atoms with Crippen molar-refractivity contribution in [2.75, 3.05) is 62.3 Å². The Morgan fingerprint density at radius 3 is 2.07 bits per heavy atom. The number of hydrogen-bond donors (Lipinski definition) is 0. The van der Waals surface area contributed by atoms with Crippen LogP contribution < -0.4 is 15.4 Å². The Morgan fingerprint density at radius 2 is 1.50 bits per heavy atom. The standard InChI is InChI=1S/C18H23N7O3/c1-22-17(26)5-2-14(21-22)18(27)25-8-6-23(7-9-25)15-3-4-16(20-19-15)24-10-12-28-13-11-24/h2-5H,6-13H2,1H3. The van der Waals surface area contributed by atoms with Crippen LogP contribution in [0.1, 0.15) is 10.5 Å². The van der Waals surface area contributed by atoms with Gasteiger partial charge in [-0.25, -0.2) is 4.68 Å². The number of aromatic nitrogens is 4. The maximum atomic E-state index is 12.6. The van der Waals surface area contributed by atoms with Gasteiger partial charge in [0.05, 0.1) is 13.2 Å². The van der Waals surface area contributed by atoms with E-state index in [2.05, 4.69) is 25.1 Å². The number of morpholine rings is 1. The molecule has 2 aromatic rings. The fourth-order valence-corrected chi connectivity index (χ4v) is 3.36. The van der Waals surface area contributed by atoms with Gasteiger partial charge in [0.15, 0.2) is 11.6 Å².